The van der Waals surface area contributed by atoms with Gasteiger partial charge in [-0.15, -0.1) is 0 Å². The van der Waals surface area contributed by atoms with Gasteiger partial charge in [0.2, 0.25) is 10.0 Å². The van der Waals surface area contributed by atoms with Crippen LogP contribution in [0.4, 0.5) is 0 Å². The first-order valence-electron chi connectivity index (χ1n) is 7.64. The summed E-state index contributed by atoms with van der Waals surface area (Å²) in [6.45, 7) is 5.63. The van der Waals surface area contributed by atoms with E-state index >= 15 is 0 Å². The number of aliphatic hydroxyl groups excluding tert-OH is 1. The van der Waals surface area contributed by atoms with Crippen molar-refractivity contribution in [2.75, 3.05) is 0 Å². The Bertz CT molecular complexity index is 540. The van der Waals surface area contributed by atoms with Crippen LogP contribution in [0.2, 0.25) is 0 Å². The summed E-state index contributed by atoms with van der Waals surface area (Å²) in [5.41, 5.74) is 1.26. The predicted octanol–water partition coefficient (Wildman–Crippen LogP) is 3.12. The van der Waals surface area contributed by atoms with Gasteiger partial charge in [-0.25, -0.2) is 13.1 Å². The highest BCUT2D eigenvalue weighted by molar-refractivity contribution is 7.89. The molecular weight excluding hydrogens is 286 g/mol. The van der Waals surface area contributed by atoms with Crippen LogP contribution < -0.4 is 4.72 Å². The summed E-state index contributed by atoms with van der Waals surface area (Å²) in [7, 11) is -3.53. The van der Waals surface area contributed by atoms with Crippen LogP contribution in [0.3, 0.4) is 0 Å². The molecule has 120 valence electrons. The van der Waals surface area contributed by atoms with Crippen molar-refractivity contribution in [3.8, 4) is 0 Å². The predicted molar refractivity (Wildman–Crippen MR) is 85.6 cm³/mol. The average Bonchev–Trinajstić information content (AvgIpc) is 2.43. The molecule has 0 heterocycles. The molecule has 0 radical (unpaired) electrons. The molecule has 4 nitrogen and oxygen atoms in total. The smallest absolute Gasteiger partial charge is 0.241 e. The topological polar surface area (TPSA) is 66.4 Å². The number of nitrogens with one attached hydrogen (secondary N) is 1. The third kappa shape index (κ3) is 5.41. The minimum Gasteiger partial charge on any atom is -0.392 e. The van der Waals surface area contributed by atoms with Crippen LogP contribution in [-0.2, 0) is 16.6 Å². The van der Waals surface area contributed by atoms with Crippen molar-refractivity contribution in [3.63, 3.8) is 0 Å². The fraction of sp³-hybridized carbons (Fsp3) is 0.625. The van der Waals surface area contributed by atoms with Crippen LogP contribution in [-0.4, -0.2) is 19.6 Å². The number of hydrogen-bond acceptors (Lipinski definition) is 3. The number of hydrogen-bond donors (Lipinski definition) is 2. The molecule has 1 rings (SSSR count). The Balaban J connectivity index is 2.73. The van der Waals surface area contributed by atoms with E-state index < -0.39 is 10.0 Å². The van der Waals surface area contributed by atoms with Gasteiger partial charge in [0, 0.05) is 6.04 Å². The van der Waals surface area contributed by atoms with Gasteiger partial charge in [-0.3, -0.25) is 0 Å². The monoisotopic (exact) mass is 313 g/mol. The fourth-order valence-corrected chi connectivity index (χ4v) is 3.95. The van der Waals surface area contributed by atoms with Crippen LogP contribution in [0.1, 0.15) is 57.1 Å². The Morgan fingerprint density at radius 1 is 1.24 bits per heavy atom. The van der Waals surface area contributed by atoms with Crippen molar-refractivity contribution >= 4 is 10.0 Å². The Morgan fingerprint density at radius 2 is 1.95 bits per heavy atom. The van der Waals surface area contributed by atoms with E-state index in [1.165, 1.54) is 12.8 Å². The first kappa shape index (κ1) is 18.1. The van der Waals surface area contributed by atoms with Crippen LogP contribution in [0, 0.1) is 6.92 Å². The molecule has 1 atom stereocenters. The molecular formula is C16H27NO3S. The molecule has 0 spiro atoms. The van der Waals surface area contributed by atoms with E-state index in [1.54, 1.807) is 25.1 Å². The molecule has 0 fully saturated rings. The normalized spacial score (nSPS) is 13.3. The van der Waals surface area contributed by atoms with Gasteiger partial charge in [-0.2, -0.15) is 0 Å². The summed E-state index contributed by atoms with van der Waals surface area (Å²) in [6.07, 6.45) is 5.39. The molecule has 2 N–H and O–H groups in total. The van der Waals surface area contributed by atoms with Crippen LogP contribution in [0.25, 0.3) is 0 Å². The van der Waals surface area contributed by atoms with Gasteiger partial charge in [0.15, 0.2) is 0 Å². The van der Waals surface area contributed by atoms with Gasteiger partial charge >= 0.3 is 0 Å². The molecule has 21 heavy (non-hydrogen) atoms. The molecule has 1 aromatic carbocycles. The van der Waals surface area contributed by atoms with Crippen molar-refractivity contribution in [2.45, 2.75) is 70.4 Å². The van der Waals surface area contributed by atoms with Crippen LogP contribution in [0.5, 0.6) is 0 Å². The number of rotatable bonds is 9. The second kappa shape index (κ2) is 8.51. The van der Waals surface area contributed by atoms with Gasteiger partial charge in [-0.05, 0) is 37.5 Å². The molecule has 0 aliphatic heterocycles. The lowest BCUT2D eigenvalue weighted by molar-refractivity contribution is 0.280. The van der Waals surface area contributed by atoms with Crippen molar-refractivity contribution in [1.29, 1.82) is 0 Å². The molecule has 0 aliphatic rings. The third-order valence-electron chi connectivity index (χ3n) is 3.70. The van der Waals surface area contributed by atoms with Crippen molar-refractivity contribution in [1.82, 2.24) is 4.72 Å². The van der Waals surface area contributed by atoms with Crippen LogP contribution in [0.15, 0.2) is 23.1 Å². The Kier molecular flexibility index (Phi) is 7.35. The third-order valence-corrected chi connectivity index (χ3v) is 5.44. The molecule has 0 saturated carbocycles. The maximum atomic E-state index is 12.4. The van der Waals surface area contributed by atoms with Crippen molar-refractivity contribution in [3.05, 3.63) is 29.3 Å². The molecule has 0 aliphatic carbocycles. The van der Waals surface area contributed by atoms with E-state index in [-0.39, 0.29) is 17.5 Å². The maximum absolute atomic E-state index is 12.4. The Labute approximate surface area is 128 Å². The Morgan fingerprint density at radius 3 is 2.57 bits per heavy atom. The van der Waals surface area contributed by atoms with E-state index in [0.29, 0.717) is 11.1 Å². The second-order valence-corrected chi connectivity index (χ2v) is 7.25. The fourth-order valence-electron chi connectivity index (χ4n) is 2.39. The molecule has 0 saturated heterocycles. The van der Waals surface area contributed by atoms with Gasteiger partial charge in [-0.1, -0.05) is 44.7 Å². The summed E-state index contributed by atoms with van der Waals surface area (Å²) in [4.78, 5) is 0.259. The zero-order chi connectivity index (χ0) is 15.9. The number of aliphatic hydroxyl groups is 1. The van der Waals surface area contributed by atoms with Crippen molar-refractivity contribution < 1.29 is 13.5 Å². The highest BCUT2D eigenvalue weighted by Crippen LogP contribution is 2.19. The highest BCUT2D eigenvalue weighted by atomic mass is 32.2. The van der Waals surface area contributed by atoms with E-state index in [4.69, 9.17) is 0 Å². The molecule has 1 aromatic rings. The van der Waals surface area contributed by atoms with Gasteiger partial charge < -0.3 is 5.11 Å². The van der Waals surface area contributed by atoms with Gasteiger partial charge in [0.05, 0.1) is 11.5 Å². The summed E-state index contributed by atoms with van der Waals surface area (Å²) >= 11 is 0. The Hall–Kier alpha value is -0.910. The van der Waals surface area contributed by atoms with Gasteiger partial charge in [0.25, 0.3) is 0 Å². The quantitative estimate of drug-likeness (QED) is 0.688. The summed E-state index contributed by atoms with van der Waals surface area (Å²) in [5.74, 6) is 0. The first-order valence-corrected chi connectivity index (χ1v) is 9.12. The second-order valence-electron chi connectivity index (χ2n) is 5.57. The lowest BCUT2D eigenvalue weighted by atomic mass is 10.1. The van der Waals surface area contributed by atoms with E-state index in [1.807, 2.05) is 6.92 Å². The molecule has 0 aromatic heterocycles. The number of unbranched alkanes of at least 4 members (excludes halogenated alkanes) is 3. The summed E-state index contributed by atoms with van der Waals surface area (Å²) < 4.78 is 27.6. The minimum atomic E-state index is -3.53. The lowest BCUT2D eigenvalue weighted by Gasteiger charge is -2.16. The molecule has 1 unspecified atom stereocenters. The molecule has 5 heteroatoms. The zero-order valence-electron chi connectivity index (χ0n) is 13.2. The lowest BCUT2D eigenvalue weighted by Crippen LogP contribution is -2.33. The first-order chi connectivity index (χ1) is 9.92. The van der Waals surface area contributed by atoms with Gasteiger partial charge in [0.1, 0.15) is 0 Å². The van der Waals surface area contributed by atoms with E-state index in [9.17, 15) is 13.5 Å². The summed E-state index contributed by atoms with van der Waals surface area (Å²) in [5, 5.41) is 9.24. The summed E-state index contributed by atoms with van der Waals surface area (Å²) in [6, 6.07) is 4.91. The van der Waals surface area contributed by atoms with Crippen molar-refractivity contribution in [2.24, 2.45) is 0 Å². The number of sulfonamides is 1. The molecule has 0 amide bonds. The SMILES string of the molecule is CCCCCCC(C)NS(=O)(=O)c1cccc(CO)c1C. The highest BCUT2D eigenvalue weighted by Gasteiger charge is 2.20. The standard InChI is InChI=1S/C16H27NO3S/c1-4-5-6-7-9-13(2)17-21(19,20)16-11-8-10-15(12-18)14(16)3/h8,10-11,13,17-18H,4-7,9,12H2,1-3H3. The number of benzene rings is 1. The molecule has 0 bridgehead atoms. The van der Waals surface area contributed by atoms with E-state index in [2.05, 4.69) is 11.6 Å². The van der Waals surface area contributed by atoms with E-state index in [0.717, 1.165) is 19.3 Å². The van der Waals surface area contributed by atoms with Crippen LogP contribution >= 0.6 is 0 Å². The average molecular weight is 313 g/mol. The minimum absolute atomic E-state index is 0.0796. The maximum Gasteiger partial charge on any atom is 0.241 e. The largest absolute Gasteiger partial charge is 0.392 e. The zero-order valence-corrected chi connectivity index (χ0v) is 14.0.